The molecule has 0 aliphatic heterocycles. The highest BCUT2D eigenvalue weighted by Gasteiger charge is 2.74. The zero-order valence-electron chi connectivity index (χ0n) is 22.3. The van der Waals surface area contributed by atoms with E-state index in [1.165, 1.54) is 0 Å². The molecule has 3 aliphatic carbocycles. The van der Waals surface area contributed by atoms with Gasteiger partial charge in [0.25, 0.3) is 5.56 Å². The number of carboxylic acids is 1. The van der Waals surface area contributed by atoms with Crippen LogP contribution in [-0.2, 0) is 22.0 Å². The van der Waals surface area contributed by atoms with Gasteiger partial charge < -0.3 is 15.2 Å². The number of benzene rings is 1. The van der Waals surface area contributed by atoms with Gasteiger partial charge >= 0.3 is 11.9 Å². The smallest absolute Gasteiger partial charge is 0.359 e. The van der Waals surface area contributed by atoms with E-state index in [4.69, 9.17) is 21.3 Å². The van der Waals surface area contributed by atoms with Gasteiger partial charge in [-0.1, -0.05) is 17.7 Å². The van der Waals surface area contributed by atoms with Gasteiger partial charge in [0.15, 0.2) is 5.69 Å². The minimum atomic E-state index is -0.781. The van der Waals surface area contributed by atoms with E-state index in [0.717, 1.165) is 11.1 Å². The molecule has 2 heterocycles. The number of rotatable bonds is 6. The fraction of sp³-hybridized carbons (Fsp3) is 0.464. The average Bonchev–Trinajstić information content (AvgIpc) is 2.75. The van der Waals surface area contributed by atoms with Crippen molar-refractivity contribution in [1.29, 1.82) is 0 Å². The van der Waals surface area contributed by atoms with Gasteiger partial charge in [-0.05, 0) is 77.6 Å². The standard InChI is InChI=1S/C28H31ClN4O5/c1-14-9-16(15(2)30-18-7-8-19(29)31-21(18)23(35)38-26(3,4)5)20-17(10-14)22(34)33(6)24(32-20)27-11-28(12-27,13-27)25(36)37/h7-10,15,30H,11-13H2,1-6H3,(H,36,37)/t15-,27?,28?/m1/s1. The lowest BCUT2D eigenvalue weighted by Crippen LogP contribution is -2.69. The second-order valence-electron chi connectivity index (χ2n) is 11.8. The summed E-state index contributed by atoms with van der Waals surface area (Å²) in [5.74, 6) is -0.760. The van der Waals surface area contributed by atoms with Crippen LogP contribution in [0.4, 0.5) is 5.69 Å². The number of halogens is 1. The minimum absolute atomic E-state index is 0.0635. The number of aliphatic carboxylic acids is 1. The number of carboxylic acid groups (broad SMARTS) is 1. The maximum absolute atomic E-state index is 13.5. The number of hydrogen-bond donors (Lipinski definition) is 2. The van der Waals surface area contributed by atoms with Crippen molar-refractivity contribution in [2.75, 3.05) is 5.32 Å². The van der Waals surface area contributed by atoms with Crippen LogP contribution in [-0.4, -0.2) is 37.2 Å². The van der Waals surface area contributed by atoms with Crippen molar-refractivity contribution < 1.29 is 19.4 Å². The van der Waals surface area contributed by atoms with Gasteiger partial charge in [0, 0.05) is 18.0 Å². The number of nitrogens with zero attached hydrogens (tertiary/aromatic N) is 3. The summed E-state index contributed by atoms with van der Waals surface area (Å²) in [6.45, 7) is 9.16. The van der Waals surface area contributed by atoms with Gasteiger partial charge in [0.1, 0.15) is 16.6 Å². The monoisotopic (exact) mass is 538 g/mol. The minimum Gasteiger partial charge on any atom is -0.481 e. The lowest BCUT2D eigenvalue weighted by atomic mass is 9.35. The molecule has 38 heavy (non-hydrogen) atoms. The first-order valence-electron chi connectivity index (χ1n) is 12.6. The van der Waals surface area contributed by atoms with Gasteiger partial charge in [-0.25, -0.2) is 14.8 Å². The summed E-state index contributed by atoms with van der Waals surface area (Å²) in [4.78, 5) is 47.2. The number of aromatic nitrogens is 3. The predicted octanol–water partition coefficient (Wildman–Crippen LogP) is 4.93. The maximum Gasteiger partial charge on any atom is 0.359 e. The lowest BCUT2D eigenvalue weighted by molar-refractivity contribution is -0.196. The molecule has 2 N–H and O–H groups in total. The van der Waals surface area contributed by atoms with Crippen LogP contribution < -0.4 is 10.9 Å². The predicted molar refractivity (Wildman–Crippen MR) is 144 cm³/mol. The molecule has 6 rings (SSSR count). The van der Waals surface area contributed by atoms with Crippen LogP contribution in [0.1, 0.15) is 80.4 Å². The van der Waals surface area contributed by atoms with Crippen molar-refractivity contribution in [2.45, 2.75) is 70.9 Å². The van der Waals surface area contributed by atoms with Crippen molar-refractivity contribution in [3.05, 3.63) is 62.4 Å². The molecule has 1 atom stereocenters. The van der Waals surface area contributed by atoms with E-state index in [1.54, 1.807) is 44.5 Å². The molecule has 10 heteroatoms. The summed E-state index contributed by atoms with van der Waals surface area (Å²) >= 11 is 6.10. The van der Waals surface area contributed by atoms with Crippen LogP contribution in [0.15, 0.2) is 29.1 Å². The molecule has 0 amide bonds. The number of carbonyl (C=O) groups excluding carboxylic acids is 1. The van der Waals surface area contributed by atoms with E-state index in [0.29, 0.717) is 41.7 Å². The molecule has 9 nitrogen and oxygen atoms in total. The first-order chi connectivity index (χ1) is 17.6. The van der Waals surface area contributed by atoms with Crippen LogP contribution in [0.5, 0.6) is 0 Å². The number of ether oxygens (including phenoxy) is 1. The Morgan fingerprint density at radius 2 is 1.84 bits per heavy atom. The van der Waals surface area contributed by atoms with Crippen LogP contribution in [0, 0.1) is 12.3 Å². The van der Waals surface area contributed by atoms with Crippen LogP contribution in [0.2, 0.25) is 5.15 Å². The number of pyridine rings is 1. The molecule has 2 aromatic heterocycles. The fourth-order valence-corrected chi connectivity index (χ4v) is 6.10. The molecule has 0 radical (unpaired) electrons. The molecule has 3 fully saturated rings. The summed E-state index contributed by atoms with van der Waals surface area (Å²) in [6, 6.07) is 6.68. The van der Waals surface area contributed by atoms with Crippen LogP contribution >= 0.6 is 11.6 Å². The lowest BCUT2D eigenvalue weighted by Gasteiger charge is -2.67. The van der Waals surface area contributed by atoms with Crippen LogP contribution in [0.3, 0.4) is 0 Å². The van der Waals surface area contributed by atoms with Gasteiger partial charge in [-0.3, -0.25) is 14.2 Å². The number of hydrogen-bond acceptors (Lipinski definition) is 7. The molecule has 1 aromatic carbocycles. The van der Waals surface area contributed by atoms with E-state index >= 15 is 0 Å². The molecule has 0 saturated heterocycles. The molecule has 0 spiro atoms. The summed E-state index contributed by atoms with van der Waals surface area (Å²) < 4.78 is 7.10. The van der Waals surface area contributed by atoms with E-state index in [9.17, 15) is 19.5 Å². The molecular weight excluding hydrogens is 508 g/mol. The zero-order chi connectivity index (χ0) is 27.8. The van der Waals surface area contributed by atoms with E-state index in [-0.39, 0.29) is 27.9 Å². The summed E-state index contributed by atoms with van der Waals surface area (Å²) in [5, 5.41) is 13.6. The molecule has 2 bridgehead atoms. The average molecular weight is 539 g/mol. The molecule has 3 aromatic rings. The van der Waals surface area contributed by atoms with Crippen molar-refractivity contribution >= 4 is 40.1 Å². The number of aryl methyl sites for hydroxylation is 1. The Morgan fingerprint density at radius 1 is 1.18 bits per heavy atom. The topological polar surface area (TPSA) is 123 Å². The van der Waals surface area contributed by atoms with Crippen molar-refractivity contribution in [3.8, 4) is 0 Å². The number of fused-ring (bicyclic) bond motifs is 1. The number of anilines is 1. The first kappa shape index (κ1) is 26.2. The van der Waals surface area contributed by atoms with E-state index < -0.39 is 23.0 Å². The Labute approximate surface area is 225 Å². The molecule has 200 valence electrons. The van der Waals surface area contributed by atoms with E-state index in [2.05, 4.69) is 10.3 Å². The maximum atomic E-state index is 13.5. The third kappa shape index (κ3) is 4.13. The largest absolute Gasteiger partial charge is 0.481 e. The Balaban J connectivity index is 1.55. The molecule has 3 aliphatic rings. The van der Waals surface area contributed by atoms with Gasteiger partial charge in [0.2, 0.25) is 0 Å². The third-order valence-corrected chi connectivity index (χ3v) is 7.82. The fourth-order valence-electron chi connectivity index (χ4n) is 5.95. The Kier molecular flexibility index (Phi) is 5.87. The molecule has 0 unspecified atom stereocenters. The Bertz CT molecular complexity index is 1550. The van der Waals surface area contributed by atoms with Crippen molar-refractivity contribution in [1.82, 2.24) is 14.5 Å². The second-order valence-corrected chi connectivity index (χ2v) is 12.2. The second kappa shape index (κ2) is 8.53. The highest BCUT2D eigenvalue weighted by molar-refractivity contribution is 6.29. The Morgan fingerprint density at radius 3 is 2.45 bits per heavy atom. The third-order valence-electron chi connectivity index (χ3n) is 7.60. The van der Waals surface area contributed by atoms with Crippen molar-refractivity contribution in [2.24, 2.45) is 12.5 Å². The van der Waals surface area contributed by atoms with Gasteiger partial charge in [-0.15, -0.1) is 0 Å². The number of carbonyl (C=O) groups is 2. The molecule has 3 saturated carbocycles. The van der Waals surface area contributed by atoms with Gasteiger partial charge in [0.05, 0.1) is 28.0 Å². The normalized spacial score (nSPS) is 22.8. The number of nitrogens with one attached hydrogen (secondary N) is 1. The van der Waals surface area contributed by atoms with Crippen molar-refractivity contribution in [3.63, 3.8) is 0 Å². The number of esters is 1. The zero-order valence-corrected chi connectivity index (χ0v) is 23.1. The van der Waals surface area contributed by atoms with Gasteiger partial charge in [-0.2, -0.15) is 0 Å². The summed E-state index contributed by atoms with van der Waals surface area (Å²) in [5.41, 5.74) is 0.792. The first-order valence-corrected chi connectivity index (χ1v) is 12.9. The quantitative estimate of drug-likeness (QED) is 0.334. The summed E-state index contributed by atoms with van der Waals surface area (Å²) in [6.07, 6.45) is 1.48. The Hall–Kier alpha value is -3.46. The highest BCUT2D eigenvalue weighted by atomic mass is 35.5. The SMILES string of the molecule is Cc1cc([C@@H](C)Nc2ccc(Cl)nc2C(=O)OC(C)(C)C)c2nc(C34CC(C(=O)O)(C3)C4)n(C)c(=O)c2c1. The molecular formula is C28H31ClN4O5. The highest BCUT2D eigenvalue weighted by Crippen LogP contribution is 2.73. The summed E-state index contributed by atoms with van der Waals surface area (Å²) in [7, 11) is 1.70. The van der Waals surface area contributed by atoms with E-state index in [1.807, 2.05) is 26.0 Å². The van der Waals surface area contributed by atoms with Crippen LogP contribution in [0.25, 0.3) is 10.9 Å².